The first-order chi connectivity index (χ1) is 8.29. The van der Waals surface area contributed by atoms with Gasteiger partial charge in [-0.05, 0) is 18.2 Å². The van der Waals surface area contributed by atoms with Gasteiger partial charge in [-0.1, -0.05) is 11.6 Å². The van der Waals surface area contributed by atoms with E-state index in [0.29, 0.717) is 17.1 Å². The van der Waals surface area contributed by atoms with Crippen molar-refractivity contribution in [3.63, 3.8) is 0 Å². The maximum atomic E-state index is 8.99. The molecular formula is C12H14ClN3O. The van der Waals surface area contributed by atoms with E-state index in [1.54, 1.807) is 12.1 Å². The number of rotatable bonds is 3. The lowest BCUT2D eigenvalue weighted by atomic mass is 10.2. The first kappa shape index (κ1) is 12.2. The molecule has 1 heterocycles. The fourth-order valence-electron chi connectivity index (χ4n) is 1.74. The molecule has 0 spiro atoms. The predicted octanol–water partition coefficient (Wildman–Crippen LogP) is 1.61. The summed E-state index contributed by atoms with van der Waals surface area (Å²) < 4.78 is 5.56. The highest BCUT2D eigenvalue weighted by Crippen LogP contribution is 2.19. The summed E-state index contributed by atoms with van der Waals surface area (Å²) in [4.78, 5) is 0. The van der Waals surface area contributed by atoms with E-state index in [1.165, 1.54) is 0 Å². The van der Waals surface area contributed by atoms with Crippen LogP contribution >= 0.6 is 11.6 Å². The molecule has 1 atom stereocenters. The molecule has 0 aromatic heterocycles. The highest BCUT2D eigenvalue weighted by molar-refractivity contribution is 6.30. The number of nitrogens with one attached hydrogen (secondary N) is 2. The maximum absolute atomic E-state index is 8.99. The van der Waals surface area contributed by atoms with Crippen molar-refractivity contribution in [2.45, 2.75) is 6.10 Å². The molecule has 4 nitrogen and oxygen atoms in total. The number of benzene rings is 1. The molecule has 1 aromatic rings. The Morgan fingerprint density at radius 2 is 2.47 bits per heavy atom. The second-order valence-electron chi connectivity index (χ2n) is 3.88. The molecule has 0 radical (unpaired) electrons. The molecule has 0 amide bonds. The predicted molar refractivity (Wildman–Crippen MR) is 67.3 cm³/mol. The zero-order chi connectivity index (χ0) is 12.1. The van der Waals surface area contributed by atoms with E-state index in [0.717, 1.165) is 25.4 Å². The molecule has 1 aromatic carbocycles. The average Bonchev–Trinajstić information content (AvgIpc) is 2.38. The zero-order valence-corrected chi connectivity index (χ0v) is 10.1. The van der Waals surface area contributed by atoms with E-state index in [1.807, 2.05) is 6.07 Å². The highest BCUT2D eigenvalue weighted by atomic mass is 35.5. The fourth-order valence-corrected chi connectivity index (χ4v) is 1.91. The lowest BCUT2D eigenvalue weighted by Gasteiger charge is -2.24. The zero-order valence-electron chi connectivity index (χ0n) is 9.37. The molecule has 2 N–H and O–H groups in total. The standard InChI is InChI=1S/C12H14ClN3O/c13-10-1-2-12(9(5-10)6-14)16-8-11-7-15-3-4-17-11/h1-2,5,11,15-16H,3-4,7-8H2. The van der Waals surface area contributed by atoms with Crippen molar-refractivity contribution in [1.29, 1.82) is 5.26 Å². The molecule has 90 valence electrons. The molecule has 0 aliphatic carbocycles. The first-order valence-electron chi connectivity index (χ1n) is 5.55. The SMILES string of the molecule is N#Cc1cc(Cl)ccc1NCC1CNCCO1. The van der Waals surface area contributed by atoms with Gasteiger partial charge in [-0.3, -0.25) is 0 Å². The molecule has 1 unspecified atom stereocenters. The van der Waals surface area contributed by atoms with Crippen LogP contribution < -0.4 is 10.6 Å². The average molecular weight is 252 g/mol. The third-order valence-corrected chi connectivity index (χ3v) is 2.86. The smallest absolute Gasteiger partial charge is 0.101 e. The van der Waals surface area contributed by atoms with Gasteiger partial charge in [0.25, 0.3) is 0 Å². The van der Waals surface area contributed by atoms with Gasteiger partial charge in [-0.15, -0.1) is 0 Å². The van der Waals surface area contributed by atoms with Gasteiger partial charge in [0, 0.05) is 24.7 Å². The lowest BCUT2D eigenvalue weighted by molar-refractivity contribution is 0.0372. The van der Waals surface area contributed by atoms with Gasteiger partial charge in [0.2, 0.25) is 0 Å². The second kappa shape index (κ2) is 5.87. The number of ether oxygens (including phenoxy) is 1. The van der Waals surface area contributed by atoms with Crippen LogP contribution in [0, 0.1) is 11.3 Å². The summed E-state index contributed by atoms with van der Waals surface area (Å²) >= 11 is 5.83. The summed E-state index contributed by atoms with van der Waals surface area (Å²) in [5.41, 5.74) is 1.35. The summed E-state index contributed by atoms with van der Waals surface area (Å²) in [6.07, 6.45) is 0.144. The summed E-state index contributed by atoms with van der Waals surface area (Å²) in [6.45, 7) is 3.16. The van der Waals surface area contributed by atoms with E-state index < -0.39 is 0 Å². The van der Waals surface area contributed by atoms with Gasteiger partial charge in [-0.25, -0.2) is 0 Å². The Hall–Kier alpha value is -1.28. The Labute approximate surface area is 106 Å². The quantitative estimate of drug-likeness (QED) is 0.857. The minimum atomic E-state index is 0.144. The van der Waals surface area contributed by atoms with Crippen molar-refractivity contribution < 1.29 is 4.74 Å². The van der Waals surface area contributed by atoms with Crippen molar-refractivity contribution >= 4 is 17.3 Å². The molecule has 2 rings (SSSR count). The summed E-state index contributed by atoms with van der Waals surface area (Å²) in [5.74, 6) is 0. The lowest BCUT2D eigenvalue weighted by Crippen LogP contribution is -2.42. The monoisotopic (exact) mass is 251 g/mol. The second-order valence-corrected chi connectivity index (χ2v) is 4.32. The molecule has 1 fully saturated rings. The number of anilines is 1. The summed E-state index contributed by atoms with van der Waals surface area (Å²) in [7, 11) is 0. The molecule has 17 heavy (non-hydrogen) atoms. The van der Waals surface area contributed by atoms with Crippen molar-refractivity contribution in [3.05, 3.63) is 28.8 Å². The van der Waals surface area contributed by atoms with E-state index in [-0.39, 0.29) is 6.10 Å². The van der Waals surface area contributed by atoms with Crippen LogP contribution in [0.3, 0.4) is 0 Å². The van der Waals surface area contributed by atoms with Gasteiger partial charge in [0.15, 0.2) is 0 Å². The minimum absolute atomic E-state index is 0.144. The fraction of sp³-hybridized carbons (Fsp3) is 0.417. The van der Waals surface area contributed by atoms with Gasteiger partial charge >= 0.3 is 0 Å². The van der Waals surface area contributed by atoms with Crippen LogP contribution in [0.2, 0.25) is 5.02 Å². The summed E-state index contributed by atoms with van der Waals surface area (Å²) in [6, 6.07) is 7.36. The number of halogens is 1. The Kier molecular flexibility index (Phi) is 4.21. The molecule has 1 aliphatic heterocycles. The molecule has 0 saturated carbocycles. The highest BCUT2D eigenvalue weighted by Gasteiger charge is 2.13. The van der Waals surface area contributed by atoms with Crippen LogP contribution in [0.25, 0.3) is 0 Å². The first-order valence-corrected chi connectivity index (χ1v) is 5.93. The minimum Gasteiger partial charge on any atom is -0.381 e. The molecule has 1 saturated heterocycles. The molecule has 1 aliphatic rings. The topological polar surface area (TPSA) is 57.1 Å². The van der Waals surface area contributed by atoms with Gasteiger partial charge < -0.3 is 15.4 Å². The third kappa shape index (κ3) is 3.34. The third-order valence-electron chi connectivity index (χ3n) is 2.63. The van der Waals surface area contributed by atoms with Crippen molar-refractivity contribution in [3.8, 4) is 6.07 Å². The molecular weight excluding hydrogens is 238 g/mol. The van der Waals surface area contributed by atoms with Crippen molar-refractivity contribution in [2.75, 3.05) is 31.6 Å². The van der Waals surface area contributed by atoms with Crippen LogP contribution in [-0.2, 0) is 4.74 Å². The van der Waals surface area contributed by atoms with Crippen LogP contribution in [-0.4, -0.2) is 32.3 Å². The van der Waals surface area contributed by atoms with E-state index in [2.05, 4.69) is 16.7 Å². The van der Waals surface area contributed by atoms with Crippen LogP contribution in [0.1, 0.15) is 5.56 Å². The number of nitrogens with zero attached hydrogens (tertiary/aromatic N) is 1. The Morgan fingerprint density at radius 3 is 3.18 bits per heavy atom. The number of morpholine rings is 1. The van der Waals surface area contributed by atoms with E-state index in [9.17, 15) is 0 Å². The van der Waals surface area contributed by atoms with Crippen molar-refractivity contribution in [2.24, 2.45) is 0 Å². The Balaban J connectivity index is 1.96. The van der Waals surface area contributed by atoms with E-state index in [4.69, 9.17) is 21.6 Å². The van der Waals surface area contributed by atoms with Crippen molar-refractivity contribution in [1.82, 2.24) is 5.32 Å². The molecule has 0 bridgehead atoms. The van der Waals surface area contributed by atoms with E-state index >= 15 is 0 Å². The number of hydrogen-bond acceptors (Lipinski definition) is 4. The van der Waals surface area contributed by atoms with Crippen LogP contribution in [0.4, 0.5) is 5.69 Å². The van der Waals surface area contributed by atoms with Crippen LogP contribution in [0.5, 0.6) is 0 Å². The number of hydrogen-bond donors (Lipinski definition) is 2. The van der Waals surface area contributed by atoms with Crippen LogP contribution in [0.15, 0.2) is 18.2 Å². The maximum Gasteiger partial charge on any atom is 0.101 e. The van der Waals surface area contributed by atoms with Gasteiger partial charge in [0.1, 0.15) is 6.07 Å². The number of nitriles is 1. The summed E-state index contributed by atoms with van der Waals surface area (Å²) in [5, 5.41) is 16.0. The largest absolute Gasteiger partial charge is 0.381 e. The Morgan fingerprint density at radius 1 is 1.59 bits per heavy atom. The molecule has 5 heteroatoms. The normalized spacial score (nSPS) is 19.6. The van der Waals surface area contributed by atoms with Gasteiger partial charge in [0.05, 0.1) is 24.0 Å². The Bertz CT molecular complexity index is 424. The van der Waals surface area contributed by atoms with Gasteiger partial charge in [-0.2, -0.15) is 5.26 Å².